The van der Waals surface area contributed by atoms with Crippen molar-refractivity contribution in [2.45, 2.75) is 74.3 Å². The molecular formula is C22H43N9O10. The molecule has 0 saturated carbocycles. The normalized spacial score (nSPS) is 18.1. The highest BCUT2D eigenvalue weighted by Crippen LogP contribution is 2.12. The Morgan fingerprint density at radius 1 is 0.902 bits per heavy atom. The minimum Gasteiger partial charge on any atom is -0.401 e. The number of aldehydes is 1. The third kappa shape index (κ3) is 14.2. The number of nitrogens with zero attached hydrogens (tertiary/aromatic N) is 3. The van der Waals surface area contributed by atoms with Crippen LogP contribution in [-0.2, 0) is 9.59 Å². The fourth-order valence-corrected chi connectivity index (χ4v) is 3.56. The number of carbonyl (C=O) groups is 2. The summed E-state index contributed by atoms with van der Waals surface area (Å²) in [7, 11) is 0. The topological polar surface area (TPSA) is 346 Å². The summed E-state index contributed by atoms with van der Waals surface area (Å²) in [6.45, 7) is -1.80. The van der Waals surface area contributed by atoms with Crippen LogP contribution in [0.1, 0.15) is 25.7 Å². The van der Waals surface area contributed by atoms with Gasteiger partial charge in [0, 0.05) is 49.8 Å². The Morgan fingerprint density at radius 2 is 1.46 bits per heavy atom. The number of hydrogen-bond donors (Lipinski definition) is 12. The van der Waals surface area contributed by atoms with Gasteiger partial charge >= 0.3 is 0 Å². The van der Waals surface area contributed by atoms with Crippen LogP contribution in [0.25, 0.3) is 0 Å². The number of rotatable bonds is 23. The van der Waals surface area contributed by atoms with Crippen molar-refractivity contribution < 1.29 is 40.2 Å². The second kappa shape index (κ2) is 20.6. The molecule has 0 fully saturated rings. The van der Waals surface area contributed by atoms with E-state index in [-0.39, 0.29) is 37.1 Å². The van der Waals surface area contributed by atoms with Crippen molar-refractivity contribution in [3.8, 4) is 0 Å². The van der Waals surface area contributed by atoms with Gasteiger partial charge in [-0.1, -0.05) is 10.4 Å². The van der Waals surface area contributed by atoms with Gasteiger partial charge in [0.1, 0.15) is 31.6 Å². The Morgan fingerprint density at radius 3 is 1.98 bits per heavy atom. The fourth-order valence-electron chi connectivity index (χ4n) is 3.56. The molecule has 0 saturated heterocycles. The Bertz CT molecular complexity index is 866. The molecule has 0 aromatic carbocycles. The van der Waals surface area contributed by atoms with Gasteiger partial charge in [-0.15, -0.1) is 0 Å². The maximum Gasteiger partial charge on any atom is 0.237 e. The van der Waals surface area contributed by atoms with Gasteiger partial charge < -0.3 is 68.3 Å². The number of aliphatic hydroxyl groups is 6. The molecule has 1 amide bonds. The molecule has 8 unspecified atom stereocenters. The second-order valence-electron chi connectivity index (χ2n) is 9.24. The van der Waals surface area contributed by atoms with Crippen LogP contribution in [0.4, 0.5) is 0 Å². The minimum absolute atomic E-state index is 0.0185. The number of hydrogen-bond acceptors (Lipinski definition) is 18. The first-order valence-electron chi connectivity index (χ1n) is 12.6. The van der Waals surface area contributed by atoms with Crippen LogP contribution in [0.2, 0.25) is 0 Å². The molecular weight excluding hydrogens is 550 g/mol. The Labute approximate surface area is 236 Å². The number of hydrazine groups is 1. The van der Waals surface area contributed by atoms with Crippen LogP contribution in [0.3, 0.4) is 0 Å². The van der Waals surface area contributed by atoms with E-state index in [2.05, 4.69) is 21.0 Å². The van der Waals surface area contributed by atoms with E-state index in [1.807, 2.05) is 0 Å². The van der Waals surface area contributed by atoms with Gasteiger partial charge in [0.25, 0.3) is 0 Å². The van der Waals surface area contributed by atoms with E-state index >= 15 is 0 Å². The van der Waals surface area contributed by atoms with E-state index in [9.17, 15) is 39.8 Å². The number of aliphatic hydroxyl groups excluding tert-OH is 6. The van der Waals surface area contributed by atoms with Crippen molar-refractivity contribution in [2.75, 3.05) is 26.3 Å². The average Bonchev–Trinajstić information content (AvgIpc) is 2.92. The summed E-state index contributed by atoms with van der Waals surface area (Å²) in [5.41, 5.74) is 17.6. The van der Waals surface area contributed by atoms with E-state index in [0.29, 0.717) is 6.29 Å². The molecule has 0 aliphatic heterocycles. The summed E-state index contributed by atoms with van der Waals surface area (Å²) >= 11 is 0. The quantitative estimate of drug-likeness (QED) is 0.0227. The molecule has 0 aromatic rings. The van der Waals surface area contributed by atoms with Crippen LogP contribution >= 0.6 is 0 Å². The predicted octanol–water partition coefficient (Wildman–Crippen LogP) is -5.38. The number of nitroso groups, excluding NO2 is 2. The van der Waals surface area contributed by atoms with E-state index in [0.717, 1.165) is 11.2 Å². The first-order valence-corrected chi connectivity index (χ1v) is 12.6. The molecule has 0 heterocycles. The maximum absolute atomic E-state index is 12.5. The average molecular weight is 594 g/mol. The molecule has 0 aliphatic rings. The highest BCUT2D eigenvalue weighted by molar-refractivity contribution is 5.84. The van der Waals surface area contributed by atoms with E-state index < -0.39 is 80.8 Å². The van der Waals surface area contributed by atoms with E-state index in [1.165, 1.54) is 6.20 Å². The predicted molar refractivity (Wildman–Crippen MR) is 145 cm³/mol. The number of nitrogens with two attached hydrogens (primary N) is 4. The van der Waals surface area contributed by atoms with E-state index in [4.69, 9.17) is 33.3 Å². The summed E-state index contributed by atoms with van der Waals surface area (Å²) in [5, 5.41) is 69.0. The summed E-state index contributed by atoms with van der Waals surface area (Å²) in [6.07, 6.45) is -3.97. The first kappa shape index (κ1) is 37.7. The van der Waals surface area contributed by atoms with Crippen LogP contribution < -0.4 is 33.7 Å². The standard InChI is InChI=1S/C22H43N9O10/c23-12(7-27-16(8-28-40)20(37)18(35)1-3-32)6-15(25)22(39)30-14(11-34)5-13(24)10-31(26)17(9-29-41)21(38)19(36)2-4-33/h7,10-11,14-21,27,32-33,35-38H,1-6,8-9,23-26H2,(H,30,39)/b12-7-,13-10-. The van der Waals surface area contributed by atoms with Gasteiger partial charge in [-0.25, -0.2) is 5.84 Å². The lowest BCUT2D eigenvalue weighted by molar-refractivity contribution is -0.125. The molecule has 236 valence electrons. The summed E-state index contributed by atoms with van der Waals surface area (Å²) in [5.74, 6) is 5.05. The molecule has 19 nitrogen and oxygen atoms in total. The van der Waals surface area contributed by atoms with Gasteiger partial charge in [-0.05, 0) is 12.8 Å². The van der Waals surface area contributed by atoms with Gasteiger partial charge in [0.2, 0.25) is 5.91 Å². The lowest BCUT2D eigenvalue weighted by atomic mass is 10.0. The lowest BCUT2D eigenvalue weighted by Gasteiger charge is -2.31. The van der Waals surface area contributed by atoms with Gasteiger partial charge in [-0.2, -0.15) is 9.81 Å². The maximum atomic E-state index is 12.5. The van der Waals surface area contributed by atoms with Crippen molar-refractivity contribution in [1.29, 1.82) is 0 Å². The lowest BCUT2D eigenvalue weighted by Crippen LogP contribution is -2.52. The van der Waals surface area contributed by atoms with Gasteiger partial charge in [0.05, 0.1) is 36.4 Å². The second-order valence-corrected chi connectivity index (χ2v) is 9.24. The summed E-state index contributed by atoms with van der Waals surface area (Å²) in [4.78, 5) is 45.5. The zero-order valence-electron chi connectivity index (χ0n) is 22.5. The molecule has 19 heteroatoms. The van der Waals surface area contributed by atoms with Crippen molar-refractivity contribution in [2.24, 2.45) is 33.4 Å². The van der Waals surface area contributed by atoms with Gasteiger partial charge in [-0.3, -0.25) is 4.79 Å². The monoisotopic (exact) mass is 593 g/mol. The van der Waals surface area contributed by atoms with Crippen molar-refractivity contribution in [3.05, 3.63) is 33.6 Å². The highest BCUT2D eigenvalue weighted by atomic mass is 16.3. The van der Waals surface area contributed by atoms with Crippen LogP contribution in [0.15, 0.2) is 34.1 Å². The summed E-state index contributed by atoms with van der Waals surface area (Å²) in [6, 6.07) is -4.67. The summed E-state index contributed by atoms with van der Waals surface area (Å²) < 4.78 is 0. The zero-order chi connectivity index (χ0) is 31.5. The van der Waals surface area contributed by atoms with Gasteiger partial charge in [0.15, 0.2) is 0 Å². The van der Waals surface area contributed by atoms with Crippen molar-refractivity contribution in [3.63, 3.8) is 0 Å². The molecule has 0 spiro atoms. The molecule has 8 atom stereocenters. The number of amides is 1. The molecule has 0 aliphatic carbocycles. The molecule has 41 heavy (non-hydrogen) atoms. The SMILES string of the molecule is N/C(=C\N(N)C(CN=O)C(O)C(O)CCO)CC(C=O)NC(=O)C(N)C/C(N)=C/NC(CN=O)C(O)C(O)CCO. The third-order valence-corrected chi connectivity index (χ3v) is 5.90. The number of nitrogens with one attached hydrogen (secondary N) is 2. The third-order valence-electron chi connectivity index (χ3n) is 5.90. The van der Waals surface area contributed by atoms with Crippen molar-refractivity contribution >= 4 is 12.2 Å². The molecule has 0 rings (SSSR count). The molecule has 0 radical (unpaired) electrons. The Balaban J connectivity index is 5.20. The van der Waals surface area contributed by atoms with Crippen LogP contribution in [0, 0.1) is 9.81 Å². The van der Waals surface area contributed by atoms with E-state index in [1.54, 1.807) is 0 Å². The Kier molecular flexibility index (Phi) is 18.9. The molecule has 0 aromatic heterocycles. The van der Waals surface area contributed by atoms with Crippen LogP contribution in [0.5, 0.6) is 0 Å². The highest BCUT2D eigenvalue weighted by Gasteiger charge is 2.30. The van der Waals surface area contributed by atoms with Crippen LogP contribution in [-0.4, -0.2) is 123 Å². The fraction of sp³-hybridized carbons (Fsp3) is 0.727. The molecule has 0 bridgehead atoms. The Hall–Kier alpha value is -3.30. The van der Waals surface area contributed by atoms with Crippen molar-refractivity contribution in [1.82, 2.24) is 15.6 Å². The largest absolute Gasteiger partial charge is 0.401 e. The number of carbonyl (C=O) groups excluding carboxylic acids is 2. The smallest absolute Gasteiger partial charge is 0.237 e. The minimum atomic E-state index is -1.57. The molecule has 16 N–H and O–H groups in total. The zero-order valence-corrected chi connectivity index (χ0v) is 22.5. The first-order chi connectivity index (χ1) is 19.4.